The fraction of sp³-hybridized carbons (Fsp3) is 0.533. The minimum absolute atomic E-state index is 0.0269. The van der Waals surface area contributed by atoms with E-state index < -0.39 is 0 Å². The van der Waals surface area contributed by atoms with Crippen molar-refractivity contribution in [2.45, 2.75) is 52.6 Å². The molecule has 1 aliphatic carbocycles. The lowest BCUT2D eigenvalue weighted by atomic mass is 9.94. The maximum absolute atomic E-state index is 11.6. The Kier molecular flexibility index (Phi) is 3.51. The van der Waals surface area contributed by atoms with Gasteiger partial charge in [-0.05, 0) is 45.6 Å². The van der Waals surface area contributed by atoms with Crippen molar-refractivity contribution in [3.05, 3.63) is 34.4 Å². The normalized spacial score (nSPS) is 32.2. The fourth-order valence-corrected chi connectivity index (χ4v) is 2.42. The van der Waals surface area contributed by atoms with Crippen molar-refractivity contribution in [3.8, 4) is 0 Å². The van der Waals surface area contributed by atoms with Gasteiger partial charge in [-0.3, -0.25) is 0 Å². The Morgan fingerprint density at radius 1 is 1.18 bits per heavy atom. The molecule has 17 heavy (non-hydrogen) atoms. The summed E-state index contributed by atoms with van der Waals surface area (Å²) < 4.78 is 5.43. The molecular formula is C15H20O2. The molecule has 92 valence electrons. The van der Waals surface area contributed by atoms with Gasteiger partial charge >= 0.3 is 5.97 Å². The van der Waals surface area contributed by atoms with Gasteiger partial charge in [0.2, 0.25) is 0 Å². The molecule has 0 aromatic carbocycles. The van der Waals surface area contributed by atoms with Gasteiger partial charge in [-0.15, -0.1) is 0 Å². The number of esters is 1. The summed E-state index contributed by atoms with van der Waals surface area (Å²) in [5.41, 5.74) is 4.70. The number of carbonyl (C=O) groups excluding carboxylic acids is 1. The monoisotopic (exact) mass is 232 g/mol. The molecule has 0 fully saturated rings. The van der Waals surface area contributed by atoms with Crippen LogP contribution in [0.15, 0.2) is 34.4 Å². The summed E-state index contributed by atoms with van der Waals surface area (Å²) in [7, 11) is 0. The van der Waals surface area contributed by atoms with Crippen LogP contribution < -0.4 is 0 Å². The predicted octanol–water partition coefficient (Wildman–Crippen LogP) is 3.69. The second-order valence-electron chi connectivity index (χ2n) is 5.09. The van der Waals surface area contributed by atoms with Crippen molar-refractivity contribution in [2.24, 2.45) is 0 Å². The van der Waals surface area contributed by atoms with Gasteiger partial charge in [0.1, 0.15) is 6.10 Å². The largest absolute Gasteiger partial charge is 0.454 e. The van der Waals surface area contributed by atoms with Crippen LogP contribution in [0, 0.1) is 0 Å². The highest BCUT2D eigenvalue weighted by Gasteiger charge is 2.30. The van der Waals surface area contributed by atoms with E-state index in [1.54, 1.807) is 0 Å². The molecule has 1 aliphatic heterocycles. The average molecular weight is 232 g/mol. The SMILES string of the molecule is CC1=C2C/C=C(\C)CC/C=C(/C)C[C@@H]2OC1=O. The van der Waals surface area contributed by atoms with Crippen LogP contribution in [0.3, 0.4) is 0 Å². The zero-order valence-corrected chi connectivity index (χ0v) is 10.9. The third-order valence-corrected chi connectivity index (χ3v) is 3.64. The van der Waals surface area contributed by atoms with E-state index in [2.05, 4.69) is 26.0 Å². The van der Waals surface area contributed by atoms with E-state index in [1.165, 1.54) is 16.7 Å². The third kappa shape index (κ3) is 2.68. The molecule has 2 nitrogen and oxygen atoms in total. The first-order chi connectivity index (χ1) is 8.08. The average Bonchev–Trinajstić information content (AvgIpc) is 2.52. The minimum Gasteiger partial charge on any atom is -0.454 e. The van der Waals surface area contributed by atoms with E-state index >= 15 is 0 Å². The lowest BCUT2D eigenvalue weighted by Gasteiger charge is -2.15. The second-order valence-corrected chi connectivity index (χ2v) is 5.09. The highest BCUT2D eigenvalue weighted by molar-refractivity contribution is 5.91. The second kappa shape index (κ2) is 4.91. The molecule has 0 unspecified atom stereocenters. The van der Waals surface area contributed by atoms with Crippen LogP contribution in [0.2, 0.25) is 0 Å². The van der Waals surface area contributed by atoms with E-state index in [-0.39, 0.29) is 12.1 Å². The third-order valence-electron chi connectivity index (χ3n) is 3.64. The quantitative estimate of drug-likeness (QED) is 0.470. The van der Waals surface area contributed by atoms with E-state index in [9.17, 15) is 4.79 Å². The summed E-state index contributed by atoms with van der Waals surface area (Å²) >= 11 is 0. The van der Waals surface area contributed by atoms with Crippen molar-refractivity contribution in [2.75, 3.05) is 0 Å². The van der Waals surface area contributed by atoms with E-state index in [1.807, 2.05) is 6.92 Å². The number of ether oxygens (including phenoxy) is 1. The molecular weight excluding hydrogens is 212 g/mol. The number of carbonyl (C=O) groups is 1. The molecule has 0 saturated heterocycles. The molecule has 1 atom stereocenters. The number of rotatable bonds is 0. The maximum atomic E-state index is 11.6. The highest BCUT2D eigenvalue weighted by atomic mass is 16.5. The molecule has 2 rings (SSSR count). The Bertz CT molecular complexity index is 424. The van der Waals surface area contributed by atoms with Crippen LogP contribution >= 0.6 is 0 Å². The van der Waals surface area contributed by atoms with Crippen LogP contribution in [0.5, 0.6) is 0 Å². The molecule has 0 spiro atoms. The summed E-state index contributed by atoms with van der Waals surface area (Å²) in [6.45, 7) is 6.17. The first-order valence-corrected chi connectivity index (χ1v) is 6.30. The van der Waals surface area contributed by atoms with Gasteiger partial charge in [0.05, 0.1) is 0 Å². The van der Waals surface area contributed by atoms with Gasteiger partial charge in [-0.1, -0.05) is 23.3 Å². The Labute approximate surface area is 103 Å². The molecule has 0 aromatic heterocycles. The molecule has 0 saturated carbocycles. The van der Waals surface area contributed by atoms with Gasteiger partial charge in [-0.2, -0.15) is 0 Å². The zero-order valence-electron chi connectivity index (χ0n) is 10.9. The molecule has 0 aromatic rings. The topological polar surface area (TPSA) is 26.3 Å². The number of fused-ring (bicyclic) bond motifs is 1. The molecule has 2 aliphatic rings. The van der Waals surface area contributed by atoms with Crippen LogP contribution in [-0.2, 0) is 9.53 Å². The Morgan fingerprint density at radius 3 is 2.71 bits per heavy atom. The van der Waals surface area contributed by atoms with Crippen LogP contribution in [0.1, 0.15) is 46.5 Å². The molecule has 1 heterocycles. The van der Waals surface area contributed by atoms with Gasteiger partial charge < -0.3 is 4.74 Å². The fourth-order valence-electron chi connectivity index (χ4n) is 2.42. The minimum atomic E-state index is -0.136. The van der Waals surface area contributed by atoms with Crippen LogP contribution in [0.25, 0.3) is 0 Å². The summed E-state index contributed by atoms with van der Waals surface area (Å²) in [5, 5.41) is 0. The molecule has 0 bridgehead atoms. The van der Waals surface area contributed by atoms with E-state index in [0.717, 1.165) is 31.3 Å². The van der Waals surface area contributed by atoms with Gasteiger partial charge in [0.15, 0.2) is 0 Å². The Morgan fingerprint density at radius 2 is 1.94 bits per heavy atom. The summed E-state index contributed by atoms with van der Waals surface area (Å²) in [5.74, 6) is -0.136. The molecule has 0 amide bonds. The standard InChI is InChI=1S/C15H20O2/c1-10-5-4-6-11(2)9-14-13(8-7-10)12(3)15(16)17-14/h6-7,14H,4-5,8-9H2,1-3H3/b10-7+,11-6-/t14-/m0/s1. The number of allylic oxidation sites excluding steroid dienone is 3. The van der Waals surface area contributed by atoms with Crippen molar-refractivity contribution < 1.29 is 9.53 Å². The Hall–Kier alpha value is -1.31. The van der Waals surface area contributed by atoms with Crippen molar-refractivity contribution in [3.63, 3.8) is 0 Å². The maximum Gasteiger partial charge on any atom is 0.334 e. The van der Waals surface area contributed by atoms with E-state index in [4.69, 9.17) is 4.74 Å². The van der Waals surface area contributed by atoms with Crippen molar-refractivity contribution >= 4 is 5.97 Å². The number of hydrogen-bond acceptors (Lipinski definition) is 2. The summed E-state index contributed by atoms with van der Waals surface area (Å²) in [6.07, 6.45) is 8.40. The van der Waals surface area contributed by atoms with Crippen LogP contribution in [-0.4, -0.2) is 12.1 Å². The lowest BCUT2D eigenvalue weighted by molar-refractivity contribution is -0.139. The zero-order chi connectivity index (χ0) is 12.4. The number of hydrogen-bond donors (Lipinski definition) is 0. The van der Waals surface area contributed by atoms with Crippen molar-refractivity contribution in [1.82, 2.24) is 0 Å². The van der Waals surface area contributed by atoms with Crippen LogP contribution in [0.4, 0.5) is 0 Å². The molecule has 0 radical (unpaired) electrons. The molecule has 2 heteroatoms. The summed E-state index contributed by atoms with van der Waals surface area (Å²) in [6, 6.07) is 0. The van der Waals surface area contributed by atoms with Gasteiger partial charge in [0.25, 0.3) is 0 Å². The highest BCUT2D eigenvalue weighted by Crippen LogP contribution is 2.31. The van der Waals surface area contributed by atoms with Gasteiger partial charge in [-0.25, -0.2) is 4.79 Å². The first kappa shape index (κ1) is 12.2. The van der Waals surface area contributed by atoms with E-state index in [0.29, 0.717) is 0 Å². The Balaban J connectivity index is 2.30. The molecule has 0 N–H and O–H groups in total. The summed E-state index contributed by atoms with van der Waals surface area (Å²) in [4.78, 5) is 11.6. The lowest BCUT2D eigenvalue weighted by Crippen LogP contribution is -2.12. The predicted molar refractivity (Wildman–Crippen MR) is 68.6 cm³/mol. The first-order valence-electron chi connectivity index (χ1n) is 6.30. The smallest absolute Gasteiger partial charge is 0.334 e. The van der Waals surface area contributed by atoms with Gasteiger partial charge in [0, 0.05) is 12.0 Å². The van der Waals surface area contributed by atoms with Crippen molar-refractivity contribution in [1.29, 1.82) is 0 Å².